The van der Waals surface area contributed by atoms with E-state index in [1.807, 2.05) is 9.80 Å². The van der Waals surface area contributed by atoms with Crippen LogP contribution < -0.4 is 5.32 Å². The fourth-order valence-corrected chi connectivity index (χ4v) is 11.2. The lowest BCUT2D eigenvalue weighted by atomic mass is 10.0. The minimum absolute atomic E-state index is 0.000696. The summed E-state index contributed by atoms with van der Waals surface area (Å²) in [5.41, 5.74) is 0. The van der Waals surface area contributed by atoms with E-state index in [1.165, 1.54) is 180 Å². The number of carbonyl (C=O) groups excluding carboxylic acids is 7. The van der Waals surface area contributed by atoms with E-state index >= 15 is 0 Å². The van der Waals surface area contributed by atoms with Crippen molar-refractivity contribution in [1.82, 2.24) is 29.8 Å². The van der Waals surface area contributed by atoms with Gasteiger partial charge in [-0.15, -0.1) is 0 Å². The van der Waals surface area contributed by atoms with Crippen LogP contribution in [0.3, 0.4) is 0 Å². The molecule has 16 nitrogen and oxygen atoms in total. The van der Waals surface area contributed by atoms with E-state index in [4.69, 9.17) is 14.2 Å². The highest BCUT2D eigenvalue weighted by molar-refractivity contribution is 5.86. The van der Waals surface area contributed by atoms with E-state index in [1.54, 1.807) is 27.7 Å². The molecule has 1 saturated heterocycles. The van der Waals surface area contributed by atoms with Gasteiger partial charge >= 0.3 is 17.9 Å². The van der Waals surface area contributed by atoms with Crippen LogP contribution in [-0.2, 0) is 47.8 Å². The van der Waals surface area contributed by atoms with E-state index in [9.17, 15) is 33.6 Å². The Morgan fingerprint density at radius 1 is 0.381 bits per heavy atom. The molecule has 1 heterocycles. The number of unbranched alkanes of at least 4 members (excludes halogenated alkanes) is 30. The molecule has 0 spiro atoms. The van der Waals surface area contributed by atoms with Gasteiger partial charge in [-0.3, -0.25) is 53.2 Å². The number of Topliss-reactive ketones (excluding diaryl/α,β-unsaturated/α-hetero) is 2. The van der Waals surface area contributed by atoms with Crippen molar-refractivity contribution in [1.29, 1.82) is 0 Å². The number of ketones is 2. The second kappa shape index (κ2) is 56.1. The molecule has 84 heavy (non-hydrogen) atoms. The Bertz CT molecular complexity index is 1630. The van der Waals surface area contributed by atoms with Crippen LogP contribution in [0.25, 0.3) is 0 Å². The average Bonchev–Trinajstić information content (AvgIpc) is 3.62. The summed E-state index contributed by atoms with van der Waals surface area (Å²) in [5.74, 6) is -2.16. The van der Waals surface area contributed by atoms with Crippen LogP contribution in [0, 0.1) is 5.92 Å². The molecule has 1 fully saturated rings. The molecular formula is C68H128N6O10. The van der Waals surface area contributed by atoms with Gasteiger partial charge in [0.15, 0.2) is 0 Å². The van der Waals surface area contributed by atoms with E-state index in [0.717, 1.165) is 38.8 Å². The van der Waals surface area contributed by atoms with Gasteiger partial charge in [-0.2, -0.15) is 0 Å². The molecule has 490 valence electrons. The summed E-state index contributed by atoms with van der Waals surface area (Å²) < 4.78 is 15.3. The number of rotatable bonds is 54. The molecule has 0 aliphatic carbocycles. The van der Waals surface area contributed by atoms with Crippen molar-refractivity contribution in [2.75, 3.05) is 118 Å². The number of esters is 3. The van der Waals surface area contributed by atoms with Gasteiger partial charge in [0.1, 0.15) is 18.1 Å². The highest BCUT2D eigenvalue weighted by Gasteiger charge is 2.26. The van der Waals surface area contributed by atoms with Crippen molar-refractivity contribution in [3.63, 3.8) is 0 Å². The maximum absolute atomic E-state index is 14.7. The van der Waals surface area contributed by atoms with E-state index in [-0.39, 0.29) is 101 Å². The van der Waals surface area contributed by atoms with Crippen LogP contribution in [0.5, 0.6) is 0 Å². The third-order valence-electron chi connectivity index (χ3n) is 16.6. The largest absolute Gasteiger partial charge is 0.466 e. The number of hydrogen-bond donors (Lipinski definition) is 1. The minimum atomic E-state index is -0.564. The third kappa shape index (κ3) is 46.7. The van der Waals surface area contributed by atoms with Gasteiger partial charge in [0.25, 0.3) is 0 Å². The summed E-state index contributed by atoms with van der Waals surface area (Å²) in [6.45, 7) is 17.5. The zero-order valence-corrected chi connectivity index (χ0v) is 55.1. The van der Waals surface area contributed by atoms with Crippen LogP contribution in [-0.4, -0.2) is 184 Å². The quantitative estimate of drug-likeness (QED) is 0.0346. The minimum Gasteiger partial charge on any atom is -0.466 e. The molecule has 1 rings (SSSR count). The van der Waals surface area contributed by atoms with E-state index < -0.39 is 17.9 Å². The summed E-state index contributed by atoms with van der Waals surface area (Å²) in [6.07, 6.45) is 42.3. The fourth-order valence-electron chi connectivity index (χ4n) is 11.2. The highest BCUT2D eigenvalue weighted by atomic mass is 16.5. The fraction of sp³-hybridized carbons (Fsp3) is 0.897. The first kappa shape index (κ1) is 78.5. The summed E-state index contributed by atoms with van der Waals surface area (Å²) in [6, 6.07) is 0. The lowest BCUT2D eigenvalue weighted by Crippen LogP contribution is -2.51. The Balaban J connectivity index is 3.21. The van der Waals surface area contributed by atoms with Crippen molar-refractivity contribution < 1.29 is 47.8 Å². The molecule has 1 aliphatic rings. The van der Waals surface area contributed by atoms with Crippen LogP contribution >= 0.6 is 0 Å². The van der Waals surface area contributed by atoms with Crippen molar-refractivity contribution in [3.05, 3.63) is 0 Å². The van der Waals surface area contributed by atoms with Gasteiger partial charge in [-0.25, -0.2) is 0 Å². The SMILES string of the molecule is CCCCCCCCCCCCCCCCCCN(CCCCCCCCCCCCCCCCCC)C(=O)CN1CCN(CC(=O)CCCC(=O)OCC)CCN(CC(=O)C(C)CC(=O)OCC)CCN(CC(=O)NCC(=O)OCC)CC1. The van der Waals surface area contributed by atoms with Gasteiger partial charge < -0.3 is 24.4 Å². The third-order valence-corrected chi connectivity index (χ3v) is 16.6. The van der Waals surface area contributed by atoms with Crippen LogP contribution in [0.4, 0.5) is 0 Å². The van der Waals surface area contributed by atoms with Gasteiger partial charge in [0, 0.05) is 84.2 Å². The molecule has 0 bridgehead atoms. The lowest BCUT2D eigenvalue weighted by molar-refractivity contribution is -0.146. The predicted octanol–water partition coefficient (Wildman–Crippen LogP) is 12.7. The Labute approximate surface area is 513 Å². The molecule has 0 aromatic carbocycles. The molecule has 1 unspecified atom stereocenters. The van der Waals surface area contributed by atoms with Crippen LogP contribution in [0.1, 0.15) is 273 Å². The molecular weight excluding hydrogens is 1060 g/mol. The van der Waals surface area contributed by atoms with Crippen LogP contribution in [0.15, 0.2) is 0 Å². The first-order valence-electron chi connectivity index (χ1n) is 34.8. The molecule has 1 atom stereocenters. The van der Waals surface area contributed by atoms with Gasteiger partial charge in [-0.1, -0.05) is 213 Å². The first-order chi connectivity index (χ1) is 40.8. The maximum atomic E-state index is 14.7. The van der Waals surface area contributed by atoms with Gasteiger partial charge in [0.2, 0.25) is 11.8 Å². The molecule has 0 aromatic rings. The molecule has 0 saturated carbocycles. The lowest BCUT2D eigenvalue weighted by Gasteiger charge is -2.34. The molecule has 0 radical (unpaired) electrons. The van der Waals surface area contributed by atoms with Gasteiger partial charge in [-0.05, 0) is 40.0 Å². The average molecular weight is 1190 g/mol. The number of amides is 2. The maximum Gasteiger partial charge on any atom is 0.325 e. The summed E-state index contributed by atoms with van der Waals surface area (Å²) >= 11 is 0. The normalized spacial score (nSPS) is 14.5. The zero-order chi connectivity index (χ0) is 61.5. The highest BCUT2D eigenvalue weighted by Crippen LogP contribution is 2.17. The molecule has 2 amide bonds. The topological polar surface area (TPSA) is 175 Å². The number of nitrogens with zero attached hydrogens (tertiary/aromatic N) is 5. The number of nitrogens with one attached hydrogen (secondary N) is 1. The molecule has 16 heteroatoms. The second-order valence-electron chi connectivity index (χ2n) is 24.2. The Hall–Kier alpha value is -3.47. The van der Waals surface area contributed by atoms with Crippen LogP contribution in [0.2, 0.25) is 0 Å². The van der Waals surface area contributed by atoms with Crippen molar-refractivity contribution in [3.8, 4) is 0 Å². The van der Waals surface area contributed by atoms with Crippen molar-refractivity contribution in [2.24, 2.45) is 5.92 Å². The number of carbonyl (C=O) groups is 7. The summed E-state index contributed by atoms with van der Waals surface area (Å²) in [4.78, 5) is 102. The smallest absolute Gasteiger partial charge is 0.325 e. The Morgan fingerprint density at radius 2 is 0.714 bits per heavy atom. The molecule has 1 N–H and O–H groups in total. The summed E-state index contributed by atoms with van der Waals surface area (Å²) in [5, 5.41) is 2.70. The van der Waals surface area contributed by atoms with Gasteiger partial charge in [0.05, 0.1) is 52.4 Å². The summed E-state index contributed by atoms with van der Waals surface area (Å²) in [7, 11) is 0. The Morgan fingerprint density at radius 3 is 1.11 bits per heavy atom. The van der Waals surface area contributed by atoms with E-state index in [2.05, 4.69) is 33.9 Å². The second-order valence-corrected chi connectivity index (χ2v) is 24.2. The first-order valence-corrected chi connectivity index (χ1v) is 34.8. The Kier molecular flexibility index (Phi) is 52.4. The molecule has 0 aromatic heterocycles. The van der Waals surface area contributed by atoms with Crippen molar-refractivity contribution in [2.45, 2.75) is 273 Å². The van der Waals surface area contributed by atoms with E-state index in [0.29, 0.717) is 58.8 Å². The number of ether oxygens (including phenoxy) is 3. The predicted molar refractivity (Wildman–Crippen MR) is 342 cm³/mol. The molecule has 1 aliphatic heterocycles. The monoisotopic (exact) mass is 1190 g/mol. The number of hydrogen-bond acceptors (Lipinski definition) is 14. The van der Waals surface area contributed by atoms with Crippen molar-refractivity contribution >= 4 is 41.3 Å². The zero-order valence-electron chi connectivity index (χ0n) is 55.1. The standard InChI is InChI=1S/C68H128N6O10/c1-7-12-14-16-18-20-22-24-26-28-30-32-34-36-38-40-45-74(46-41-39-37-35-33-31-29-27-25-23-21-19-17-15-13-8-2)65(78)60-73-53-48-70(57-62(75)43-42-44-66(79)82-9-3)47-49-71(58-63(76)61(6)55-67(80)83-10-4)50-51-72(52-54-73)59-64(77)69-56-68(81)84-11-5/h61H,7-60H2,1-6H3,(H,69,77).